The molecule has 24 heavy (non-hydrogen) atoms. The van der Waals surface area contributed by atoms with Gasteiger partial charge in [0.1, 0.15) is 5.75 Å². The lowest BCUT2D eigenvalue weighted by atomic mass is 9.85. The molecule has 0 aliphatic heterocycles. The van der Waals surface area contributed by atoms with Gasteiger partial charge in [-0.1, -0.05) is 69.3 Å². The van der Waals surface area contributed by atoms with E-state index in [1.807, 2.05) is 81.2 Å². The van der Waals surface area contributed by atoms with Gasteiger partial charge < -0.3 is 10.8 Å². The van der Waals surface area contributed by atoms with Crippen LogP contribution in [-0.2, 0) is 11.3 Å². The Morgan fingerprint density at radius 3 is 2.29 bits per heavy atom. The van der Waals surface area contributed by atoms with Crippen molar-refractivity contribution in [1.29, 1.82) is 0 Å². The van der Waals surface area contributed by atoms with Gasteiger partial charge >= 0.3 is 0 Å². The van der Waals surface area contributed by atoms with Crippen molar-refractivity contribution in [2.45, 2.75) is 33.4 Å². The molecule has 0 saturated heterocycles. The van der Waals surface area contributed by atoms with Gasteiger partial charge in [-0.15, -0.1) is 0 Å². The number of phenolic OH excluding ortho intramolecular Hbond substituents is 1. The van der Waals surface area contributed by atoms with E-state index in [1.54, 1.807) is 0 Å². The second-order valence-corrected chi connectivity index (χ2v) is 7.27. The normalized spacial score (nSPS) is 13.0. The predicted molar refractivity (Wildman–Crippen MR) is 97.4 cm³/mol. The highest BCUT2D eigenvalue weighted by atomic mass is 16.3. The minimum absolute atomic E-state index is 0.243. The number of rotatable bonds is 5. The van der Waals surface area contributed by atoms with Crippen LogP contribution in [0.4, 0.5) is 0 Å². The number of nitrogens with two attached hydrogens (primary N) is 1. The summed E-state index contributed by atoms with van der Waals surface area (Å²) in [5.74, 6) is -0.114. The minimum atomic E-state index is -0.419. The average molecular weight is 326 g/mol. The number of hydrogen-bond acceptors (Lipinski definition) is 3. The first-order valence-electron chi connectivity index (χ1n) is 8.07. The molecular formula is C20H26N2O2. The molecule has 1 unspecified atom stereocenters. The van der Waals surface area contributed by atoms with Gasteiger partial charge in [0.25, 0.3) is 0 Å². The highest BCUT2D eigenvalue weighted by Crippen LogP contribution is 2.33. The van der Waals surface area contributed by atoms with Crippen LogP contribution < -0.4 is 5.73 Å². The third-order valence-corrected chi connectivity index (χ3v) is 4.15. The maximum absolute atomic E-state index is 11.9. The zero-order valence-electron chi connectivity index (χ0n) is 14.8. The first kappa shape index (κ1) is 18.0. The molecule has 0 aliphatic carbocycles. The van der Waals surface area contributed by atoms with Crippen molar-refractivity contribution >= 4 is 5.91 Å². The lowest BCUT2D eigenvalue weighted by Crippen LogP contribution is -2.50. The standard InChI is InChI=1S/C20H26N2O2/c1-20(2,3)18(19(21)24)22(4)13-15-11-8-12-16(17(15)23)14-9-6-5-7-10-14/h5-12,18,23H,13H2,1-4H3,(H2,21,24). The van der Waals surface area contributed by atoms with Crippen molar-refractivity contribution in [3.63, 3.8) is 0 Å². The fraction of sp³-hybridized carbons (Fsp3) is 0.350. The van der Waals surface area contributed by atoms with E-state index in [0.29, 0.717) is 6.54 Å². The van der Waals surface area contributed by atoms with Crippen LogP contribution in [-0.4, -0.2) is 29.0 Å². The number of amides is 1. The topological polar surface area (TPSA) is 66.6 Å². The number of benzene rings is 2. The van der Waals surface area contributed by atoms with Crippen molar-refractivity contribution in [2.75, 3.05) is 7.05 Å². The molecular weight excluding hydrogens is 300 g/mol. The summed E-state index contributed by atoms with van der Waals surface area (Å²) in [6, 6.07) is 15.0. The predicted octanol–water partition coefficient (Wildman–Crippen LogP) is 3.39. The number of carbonyl (C=O) groups is 1. The Balaban J connectivity index is 2.32. The van der Waals surface area contributed by atoms with Crippen LogP contribution in [0.15, 0.2) is 48.5 Å². The number of carbonyl (C=O) groups excluding carboxylic acids is 1. The maximum atomic E-state index is 11.9. The Bertz CT molecular complexity index is 705. The summed E-state index contributed by atoms with van der Waals surface area (Å²) in [7, 11) is 1.86. The Hall–Kier alpha value is -2.33. The van der Waals surface area contributed by atoms with Crippen molar-refractivity contribution in [2.24, 2.45) is 11.1 Å². The number of para-hydroxylation sites is 1. The highest BCUT2D eigenvalue weighted by molar-refractivity contribution is 5.80. The Morgan fingerprint density at radius 1 is 1.12 bits per heavy atom. The molecule has 0 fully saturated rings. The first-order valence-corrected chi connectivity index (χ1v) is 8.07. The number of phenols is 1. The Kier molecular flexibility index (Phi) is 5.30. The number of primary amides is 1. The zero-order valence-corrected chi connectivity index (χ0v) is 14.8. The largest absolute Gasteiger partial charge is 0.507 e. The van der Waals surface area contributed by atoms with E-state index >= 15 is 0 Å². The monoisotopic (exact) mass is 326 g/mol. The molecule has 0 bridgehead atoms. The molecule has 0 saturated carbocycles. The van der Waals surface area contributed by atoms with Crippen LogP contribution in [0.2, 0.25) is 0 Å². The third-order valence-electron chi connectivity index (χ3n) is 4.15. The SMILES string of the molecule is CN(Cc1cccc(-c2ccccc2)c1O)C(C(N)=O)C(C)(C)C. The third kappa shape index (κ3) is 3.95. The number of aromatic hydroxyl groups is 1. The second-order valence-electron chi connectivity index (χ2n) is 7.27. The lowest BCUT2D eigenvalue weighted by Gasteiger charge is -2.35. The summed E-state index contributed by atoms with van der Waals surface area (Å²) in [6.45, 7) is 6.40. The van der Waals surface area contributed by atoms with E-state index in [0.717, 1.165) is 16.7 Å². The fourth-order valence-electron chi connectivity index (χ4n) is 3.23. The molecule has 4 heteroatoms. The van der Waals surface area contributed by atoms with E-state index in [4.69, 9.17) is 5.73 Å². The summed E-state index contributed by atoms with van der Waals surface area (Å²) in [4.78, 5) is 13.8. The van der Waals surface area contributed by atoms with Crippen molar-refractivity contribution in [3.05, 3.63) is 54.1 Å². The molecule has 2 aromatic carbocycles. The van der Waals surface area contributed by atoms with E-state index in [2.05, 4.69) is 0 Å². The molecule has 0 aromatic heterocycles. The van der Waals surface area contributed by atoms with Crippen LogP contribution in [0, 0.1) is 5.41 Å². The van der Waals surface area contributed by atoms with E-state index < -0.39 is 6.04 Å². The molecule has 0 heterocycles. The molecule has 0 aliphatic rings. The van der Waals surface area contributed by atoms with Gasteiger partial charge in [-0.3, -0.25) is 9.69 Å². The molecule has 4 nitrogen and oxygen atoms in total. The van der Waals surface area contributed by atoms with Gasteiger partial charge in [0, 0.05) is 17.7 Å². The van der Waals surface area contributed by atoms with Gasteiger partial charge in [-0.05, 0) is 18.0 Å². The van der Waals surface area contributed by atoms with Crippen LogP contribution in [0.25, 0.3) is 11.1 Å². The summed E-state index contributed by atoms with van der Waals surface area (Å²) in [5.41, 5.74) is 7.83. The summed E-state index contributed by atoms with van der Waals surface area (Å²) < 4.78 is 0. The second kappa shape index (κ2) is 7.05. The van der Waals surface area contributed by atoms with Crippen LogP contribution in [0.3, 0.4) is 0 Å². The average Bonchev–Trinajstić information content (AvgIpc) is 2.48. The van der Waals surface area contributed by atoms with Crippen LogP contribution in [0.5, 0.6) is 5.75 Å². The quantitative estimate of drug-likeness (QED) is 0.885. The van der Waals surface area contributed by atoms with Crippen molar-refractivity contribution in [1.82, 2.24) is 4.90 Å². The molecule has 1 atom stereocenters. The first-order chi connectivity index (χ1) is 11.2. The van der Waals surface area contributed by atoms with Gasteiger partial charge in [0.15, 0.2) is 0 Å². The Morgan fingerprint density at radius 2 is 1.75 bits per heavy atom. The summed E-state index contributed by atoms with van der Waals surface area (Å²) >= 11 is 0. The molecule has 128 valence electrons. The molecule has 1 amide bonds. The smallest absolute Gasteiger partial charge is 0.235 e. The molecule has 0 spiro atoms. The molecule has 2 rings (SSSR count). The number of likely N-dealkylation sites (N-methyl/N-ethyl adjacent to an activating group) is 1. The lowest BCUT2D eigenvalue weighted by molar-refractivity contribution is -0.126. The molecule has 0 radical (unpaired) electrons. The zero-order chi connectivity index (χ0) is 17.9. The number of nitrogens with zero attached hydrogens (tertiary/aromatic N) is 1. The van der Waals surface area contributed by atoms with E-state index in [9.17, 15) is 9.90 Å². The van der Waals surface area contributed by atoms with Gasteiger partial charge in [-0.25, -0.2) is 0 Å². The highest BCUT2D eigenvalue weighted by Gasteiger charge is 2.33. The van der Waals surface area contributed by atoms with E-state index in [-0.39, 0.29) is 17.1 Å². The van der Waals surface area contributed by atoms with Crippen molar-refractivity contribution in [3.8, 4) is 16.9 Å². The maximum Gasteiger partial charge on any atom is 0.235 e. The number of hydrogen-bond donors (Lipinski definition) is 2. The van der Waals surface area contributed by atoms with Gasteiger partial charge in [-0.2, -0.15) is 0 Å². The van der Waals surface area contributed by atoms with Gasteiger partial charge in [0.05, 0.1) is 6.04 Å². The summed E-state index contributed by atoms with van der Waals surface area (Å²) in [6.07, 6.45) is 0. The summed E-state index contributed by atoms with van der Waals surface area (Å²) in [5, 5.41) is 10.7. The molecule has 3 N–H and O–H groups in total. The van der Waals surface area contributed by atoms with E-state index in [1.165, 1.54) is 0 Å². The molecule has 2 aromatic rings. The van der Waals surface area contributed by atoms with Crippen molar-refractivity contribution < 1.29 is 9.90 Å². The minimum Gasteiger partial charge on any atom is -0.507 e. The van der Waals surface area contributed by atoms with Gasteiger partial charge in [0.2, 0.25) is 5.91 Å². The van der Waals surface area contributed by atoms with Crippen LogP contribution >= 0.6 is 0 Å². The Labute approximate surface area is 143 Å². The fourth-order valence-corrected chi connectivity index (χ4v) is 3.23. The van der Waals surface area contributed by atoms with Crippen LogP contribution in [0.1, 0.15) is 26.3 Å².